The smallest absolute Gasteiger partial charge is 0.309 e. The van der Waals surface area contributed by atoms with Crippen LogP contribution in [0.15, 0.2) is 0 Å². The van der Waals surface area contributed by atoms with Gasteiger partial charge in [0.25, 0.3) is 0 Å². The molecule has 13 heavy (non-hydrogen) atoms. The lowest BCUT2D eigenvalue weighted by Gasteiger charge is -2.14. The maximum atomic E-state index is 10.3. The number of rotatable bonds is 3. The SMILES string of the molecule is CC(O)CO.CCC(C)(C)C(=O)O. The van der Waals surface area contributed by atoms with Gasteiger partial charge in [-0.05, 0) is 27.2 Å². The second-order valence-corrected chi connectivity index (χ2v) is 3.57. The summed E-state index contributed by atoms with van der Waals surface area (Å²) in [6, 6.07) is 0. The molecule has 0 rings (SSSR count). The minimum atomic E-state index is -0.722. The quantitative estimate of drug-likeness (QED) is 0.620. The number of aliphatic carboxylic acids is 1. The molecule has 4 nitrogen and oxygen atoms in total. The average molecular weight is 192 g/mol. The van der Waals surface area contributed by atoms with Gasteiger partial charge in [-0.1, -0.05) is 6.92 Å². The van der Waals surface area contributed by atoms with Crippen LogP contribution in [-0.2, 0) is 4.79 Å². The van der Waals surface area contributed by atoms with Crippen molar-refractivity contribution in [1.82, 2.24) is 0 Å². The molecule has 0 saturated heterocycles. The summed E-state index contributed by atoms with van der Waals surface area (Å²) < 4.78 is 0. The Balaban J connectivity index is 0. The minimum absolute atomic E-state index is 0.139. The van der Waals surface area contributed by atoms with E-state index in [0.29, 0.717) is 6.42 Å². The van der Waals surface area contributed by atoms with E-state index in [1.807, 2.05) is 6.92 Å². The third-order valence-electron chi connectivity index (χ3n) is 1.73. The molecule has 0 aliphatic heterocycles. The molecule has 0 heterocycles. The van der Waals surface area contributed by atoms with Gasteiger partial charge in [0.15, 0.2) is 0 Å². The van der Waals surface area contributed by atoms with Gasteiger partial charge < -0.3 is 15.3 Å². The van der Waals surface area contributed by atoms with Crippen LogP contribution >= 0.6 is 0 Å². The summed E-state index contributed by atoms with van der Waals surface area (Å²) >= 11 is 0. The number of aliphatic hydroxyl groups excluding tert-OH is 2. The van der Waals surface area contributed by atoms with Crippen LogP contribution in [0.1, 0.15) is 34.1 Å². The summed E-state index contributed by atoms with van der Waals surface area (Å²) in [5.41, 5.74) is -0.542. The number of carboxylic acids is 1. The lowest BCUT2D eigenvalue weighted by Crippen LogP contribution is -2.21. The molecule has 1 unspecified atom stereocenters. The van der Waals surface area contributed by atoms with Crippen molar-refractivity contribution in [2.24, 2.45) is 5.41 Å². The standard InChI is InChI=1S/C6H12O2.C3H8O2/c1-4-6(2,3)5(7)8;1-3(5)2-4/h4H2,1-3H3,(H,7,8);3-5H,2H2,1H3. The zero-order valence-corrected chi connectivity index (χ0v) is 8.74. The van der Waals surface area contributed by atoms with Crippen LogP contribution in [0.3, 0.4) is 0 Å². The lowest BCUT2D eigenvalue weighted by molar-refractivity contribution is -0.147. The molecule has 0 spiro atoms. The third-order valence-corrected chi connectivity index (χ3v) is 1.73. The van der Waals surface area contributed by atoms with Gasteiger partial charge in [0.2, 0.25) is 0 Å². The number of hydrogen-bond acceptors (Lipinski definition) is 3. The second kappa shape index (κ2) is 6.86. The number of hydrogen-bond donors (Lipinski definition) is 3. The van der Waals surface area contributed by atoms with E-state index in [4.69, 9.17) is 15.3 Å². The largest absolute Gasteiger partial charge is 0.481 e. The molecule has 0 aliphatic carbocycles. The van der Waals surface area contributed by atoms with Crippen molar-refractivity contribution in [3.05, 3.63) is 0 Å². The van der Waals surface area contributed by atoms with Crippen molar-refractivity contribution >= 4 is 5.97 Å². The average Bonchev–Trinajstić information content (AvgIpc) is 2.05. The van der Waals surface area contributed by atoms with E-state index >= 15 is 0 Å². The van der Waals surface area contributed by atoms with E-state index < -0.39 is 17.5 Å². The molecule has 0 aromatic carbocycles. The summed E-state index contributed by atoms with van der Waals surface area (Å²) in [4.78, 5) is 10.3. The van der Waals surface area contributed by atoms with E-state index in [1.54, 1.807) is 13.8 Å². The first-order chi connectivity index (χ1) is 5.77. The highest BCUT2D eigenvalue weighted by molar-refractivity contribution is 5.73. The van der Waals surface area contributed by atoms with Crippen LogP contribution in [0.4, 0.5) is 0 Å². The predicted molar refractivity (Wildman–Crippen MR) is 50.5 cm³/mol. The Morgan fingerprint density at radius 2 is 1.77 bits per heavy atom. The summed E-state index contributed by atoms with van der Waals surface area (Å²) in [6.07, 6.45) is 0.123. The molecule has 0 aromatic heterocycles. The molecule has 0 amide bonds. The van der Waals surface area contributed by atoms with Gasteiger partial charge in [-0.2, -0.15) is 0 Å². The van der Waals surface area contributed by atoms with Gasteiger partial charge in [-0.25, -0.2) is 0 Å². The molecular formula is C9H20O4. The van der Waals surface area contributed by atoms with Gasteiger partial charge in [0, 0.05) is 0 Å². The number of carboxylic acid groups (broad SMARTS) is 1. The van der Waals surface area contributed by atoms with E-state index in [0.717, 1.165) is 0 Å². The van der Waals surface area contributed by atoms with Gasteiger partial charge in [0.05, 0.1) is 18.1 Å². The molecule has 0 fully saturated rings. The van der Waals surface area contributed by atoms with Crippen LogP contribution in [0.25, 0.3) is 0 Å². The molecule has 1 atom stereocenters. The first-order valence-corrected chi connectivity index (χ1v) is 4.30. The van der Waals surface area contributed by atoms with Crippen molar-refractivity contribution in [3.8, 4) is 0 Å². The molecule has 80 valence electrons. The van der Waals surface area contributed by atoms with E-state index in [2.05, 4.69) is 0 Å². The Kier molecular flexibility index (Phi) is 7.85. The number of aliphatic hydroxyl groups is 2. The van der Waals surface area contributed by atoms with Gasteiger partial charge in [0.1, 0.15) is 0 Å². The Bertz CT molecular complexity index is 141. The highest BCUT2D eigenvalue weighted by Gasteiger charge is 2.23. The Hall–Kier alpha value is -0.610. The Labute approximate surface area is 79.2 Å². The maximum Gasteiger partial charge on any atom is 0.309 e. The molecular weight excluding hydrogens is 172 g/mol. The van der Waals surface area contributed by atoms with E-state index in [1.165, 1.54) is 6.92 Å². The fourth-order valence-electron chi connectivity index (χ4n) is 0.151. The number of carbonyl (C=O) groups is 1. The Morgan fingerprint density at radius 1 is 1.46 bits per heavy atom. The zero-order chi connectivity index (χ0) is 11.1. The normalized spacial score (nSPS) is 12.8. The summed E-state index contributed by atoms with van der Waals surface area (Å²) in [5, 5.41) is 24.4. The fourth-order valence-corrected chi connectivity index (χ4v) is 0.151. The molecule has 0 aromatic rings. The summed E-state index contributed by atoms with van der Waals surface area (Å²) in [6.45, 7) is 6.69. The van der Waals surface area contributed by atoms with Crippen molar-refractivity contribution in [1.29, 1.82) is 0 Å². The highest BCUT2D eigenvalue weighted by Crippen LogP contribution is 2.18. The molecule has 0 aliphatic rings. The third kappa shape index (κ3) is 9.30. The van der Waals surface area contributed by atoms with Crippen LogP contribution in [-0.4, -0.2) is 34.0 Å². The second-order valence-electron chi connectivity index (χ2n) is 3.57. The fraction of sp³-hybridized carbons (Fsp3) is 0.889. The molecule has 0 bridgehead atoms. The van der Waals surface area contributed by atoms with Crippen LogP contribution in [0, 0.1) is 5.41 Å². The topological polar surface area (TPSA) is 77.8 Å². The van der Waals surface area contributed by atoms with Crippen molar-refractivity contribution in [2.45, 2.75) is 40.2 Å². The highest BCUT2D eigenvalue weighted by atomic mass is 16.4. The first kappa shape index (κ1) is 14.9. The zero-order valence-electron chi connectivity index (χ0n) is 8.74. The summed E-state index contributed by atoms with van der Waals surface area (Å²) in [5.74, 6) is -0.722. The van der Waals surface area contributed by atoms with Crippen LogP contribution in [0.2, 0.25) is 0 Å². The predicted octanol–water partition coefficient (Wildman–Crippen LogP) is 0.867. The molecule has 0 saturated carbocycles. The minimum Gasteiger partial charge on any atom is -0.481 e. The van der Waals surface area contributed by atoms with Gasteiger partial charge in [-0.15, -0.1) is 0 Å². The van der Waals surface area contributed by atoms with Crippen LogP contribution < -0.4 is 0 Å². The maximum absolute atomic E-state index is 10.3. The van der Waals surface area contributed by atoms with E-state index in [9.17, 15) is 4.79 Å². The van der Waals surface area contributed by atoms with Gasteiger partial charge in [-0.3, -0.25) is 4.79 Å². The first-order valence-electron chi connectivity index (χ1n) is 4.30. The monoisotopic (exact) mass is 192 g/mol. The van der Waals surface area contributed by atoms with Crippen molar-refractivity contribution in [3.63, 3.8) is 0 Å². The van der Waals surface area contributed by atoms with Crippen molar-refractivity contribution in [2.75, 3.05) is 6.61 Å². The van der Waals surface area contributed by atoms with Gasteiger partial charge >= 0.3 is 5.97 Å². The van der Waals surface area contributed by atoms with E-state index in [-0.39, 0.29) is 6.61 Å². The Morgan fingerprint density at radius 3 is 1.77 bits per heavy atom. The van der Waals surface area contributed by atoms with Crippen LogP contribution in [0.5, 0.6) is 0 Å². The lowest BCUT2D eigenvalue weighted by atomic mass is 9.91. The molecule has 4 heteroatoms. The molecule has 0 radical (unpaired) electrons. The van der Waals surface area contributed by atoms with Crippen molar-refractivity contribution < 1.29 is 20.1 Å². The summed E-state index contributed by atoms with van der Waals surface area (Å²) in [7, 11) is 0. The molecule has 3 N–H and O–H groups in total.